The number of carbonyl (C=O) groups excluding carboxylic acids is 1. The van der Waals surface area contributed by atoms with Gasteiger partial charge in [0.2, 0.25) is 0 Å². The lowest BCUT2D eigenvalue weighted by Gasteiger charge is -2.35. The second-order valence-corrected chi connectivity index (χ2v) is 10.9. The standard InChI is InChI=1S/C27H31FN4O/c28-25-11-21(32-13-19-4-5-20(14-32)30-19)7-15-1-3-18(10-23(15)25)31-27(33)17-9-24-22-8-16(22)2-6-26(24)29-12-17/h7,9,11-12,16,18-20,22,30H,1-6,8,10,13-14H2,(H,31,33)/t16-,18+,19?,20?,22+/m1/s1. The van der Waals surface area contributed by atoms with Crippen molar-refractivity contribution >= 4 is 11.6 Å². The van der Waals surface area contributed by atoms with Gasteiger partial charge in [-0.15, -0.1) is 0 Å². The molecule has 1 aromatic carbocycles. The van der Waals surface area contributed by atoms with Crippen molar-refractivity contribution in [2.75, 3.05) is 18.0 Å². The number of fused-ring (bicyclic) bond motifs is 6. The molecule has 2 unspecified atom stereocenters. The number of carbonyl (C=O) groups is 1. The lowest BCUT2D eigenvalue weighted by Crippen LogP contribution is -2.51. The molecule has 3 heterocycles. The number of benzene rings is 1. The number of hydrogen-bond donors (Lipinski definition) is 2. The molecule has 2 N–H and O–H groups in total. The molecule has 3 fully saturated rings. The minimum Gasteiger partial charge on any atom is -0.368 e. The number of amides is 1. The molecule has 2 aliphatic heterocycles. The van der Waals surface area contributed by atoms with Crippen molar-refractivity contribution in [1.82, 2.24) is 15.6 Å². The Morgan fingerprint density at radius 2 is 1.94 bits per heavy atom. The molecule has 5 atom stereocenters. The van der Waals surface area contributed by atoms with Crippen molar-refractivity contribution in [3.05, 3.63) is 58.2 Å². The smallest absolute Gasteiger partial charge is 0.253 e. The van der Waals surface area contributed by atoms with E-state index in [-0.39, 0.29) is 17.8 Å². The summed E-state index contributed by atoms with van der Waals surface area (Å²) in [4.78, 5) is 19.9. The number of anilines is 1. The Balaban J connectivity index is 1.06. The van der Waals surface area contributed by atoms with Crippen molar-refractivity contribution in [3.8, 4) is 0 Å². The molecule has 7 rings (SSSR count). The van der Waals surface area contributed by atoms with E-state index in [4.69, 9.17) is 0 Å². The van der Waals surface area contributed by atoms with Crippen LogP contribution < -0.4 is 15.5 Å². The Labute approximate surface area is 194 Å². The molecule has 6 heteroatoms. The number of aryl methyl sites for hydroxylation is 2. The van der Waals surface area contributed by atoms with Crippen LogP contribution in [0.25, 0.3) is 0 Å². The van der Waals surface area contributed by atoms with Crippen LogP contribution in [0.15, 0.2) is 24.4 Å². The van der Waals surface area contributed by atoms with Crippen molar-refractivity contribution in [2.45, 2.75) is 75.4 Å². The van der Waals surface area contributed by atoms with Crippen LogP contribution in [0.2, 0.25) is 0 Å². The van der Waals surface area contributed by atoms with Crippen molar-refractivity contribution in [3.63, 3.8) is 0 Å². The summed E-state index contributed by atoms with van der Waals surface area (Å²) in [7, 11) is 0. The highest BCUT2D eigenvalue weighted by Crippen LogP contribution is 2.54. The van der Waals surface area contributed by atoms with Crippen molar-refractivity contribution in [2.24, 2.45) is 5.92 Å². The van der Waals surface area contributed by atoms with Crippen LogP contribution in [0.4, 0.5) is 10.1 Å². The van der Waals surface area contributed by atoms with Crippen LogP contribution >= 0.6 is 0 Å². The Morgan fingerprint density at radius 1 is 1.09 bits per heavy atom. The monoisotopic (exact) mass is 446 g/mol. The predicted molar refractivity (Wildman–Crippen MR) is 125 cm³/mol. The summed E-state index contributed by atoms with van der Waals surface area (Å²) >= 11 is 0. The molecule has 172 valence electrons. The van der Waals surface area contributed by atoms with E-state index in [9.17, 15) is 4.79 Å². The number of piperazine rings is 1. The van der Waals surface area contributed by atoms with Crippen LogP contribution in [-0.2, 0) is 19.3 Å². The molecule has 1 amide bonds. The molecule has 1 saturated carbocycles. The first-order valence-electron chi connectivity index (χ1n) is 12.7. The van der Waals surface area contributed by atoms with E-state index in [1.54, 1.807) is 12.3 Å². The molecule has 2 saturated heterocycles. The van der Waals surface area contributed by atoms with Gasteiger partial charge in [-0.3, -0.25) is 9.78 Å². The van der Waals surface area contributed by atoms with Gasteiger partial charge in [0.15, 0.2) is 0 Å². The lowest BCUT2D eigenvalue weighted by molar-refractivity contribution is 0.0933. The van der Waals surface area contributed by atoms with Gasteiger partial charge in [-0.1, -0.05) is 0 Å². The first-order chi connectivity index (χ1) is 16.1. The van der Waals surface area contributed by atoms with E-state index < -0.39 is 0 Å². The van der Waals surface area contributed by atoms with Gasteiger partial charge in [0.1, 0.15) is 5.82 Å². The van der Waals surface area contributed by atoms with Gasteiger partial charge >= 0.3 is 0 Å². The Morgan fingerprint density at radius 3 is 2.79 bits per heavy atom. The molecule has 33 heavy (non-hydrogen) atoms. The maximum absolute atomic E-state index is 15.2. The van der Waals surface area contributed by atoms with Crippen molar-refractivity contribution < 1.29 is 9.18 Å². The van der Waals surface area contributed by atoms with E-state index in [0.29, 0.717) is 30.0 Å². The second kappa shape index (κ2) is 7.52. The maximum atomic E-state index is 15.2. The normalized spacial score (nSPS) is 31.4. The van der Waals surface area contributed by atoms with E-state index >= 15 is 4.39 Å². The number of pyridine rings is 1. The number of nitrogens with one attached hydrogen (secondary N) is 2. The molecule has 0 radical (unpaired) electrons. The fraction of sp³-hybridized carbons (Fsp3) is 0.556. The van der Waals surface area contributed by atoms with Gasteiger partial charge in [-0.25, -0.2) is 4.39 Å². The number of nitrogens with zero attached hydrogens (tertiary/aromatic N) is 2. The summed E-state index contributed by atoms with van der Waals surface area (Å²) in [5, 5.41) is 6.82. The third-order valence-electron chi connectivity index (χ3n) is 8.74. The third kappa shape index (κ3) is 3.54. The highest BCUT2D eigenvalue weighted by molar-refractivity contribution is 5.94. The molecule has 5 nitrogen and oxygen atoms in total. The molecule has 2 bridgehead atoms. The number of aromatic nitrogens is 1. The Kier molecular flexibility index (Phi) is 4.55. The van der Waals surface area contributed by atoms with Gasteiger partial charge in [0.05, 0.1) is 5.56 Å². The van der Waals surface area contributed by atoms with E-state index in [2.05, 4.69) is 32.7 Å². The van der Waals surface area contributed by atoms with Crippen LogP contribution in [0, 0.1) is 11.7 Å². The summed E-state index contributed by atoms with van der Waals surface area (Å²) < 4.78 is 15.2. The van der Waals surface area contributed by atoms with E-state index in [1.165, 1.54) is 36.9 Å². The lowest BCUT2D eigenvalue weighted by atomic mass is 9.87. The van der Waals surface area contributed by atoms with Gasteiger partial charge < -0.3 is 15.5 Å². The maximum Gasteiger partial charge on any atom is 0.253 e. The largest absolute Gasteiger partial charge is 0.368 e. The first-order valence-corrected chi connectivity index (χ1v) is 12.7. The summed E-state index contributed by atoms with van der Waals surface area (Å²) in [6, 6.07) is 7.00. The molecule has 2 aromatic rings. The van der Waals surface area contributed by atoms with Crippen LogP contribution in [0.3, 0.4) is 0 Å². The Hall–Kier alpha value is -2.47. The van der Waals surface area contributed by atoms with Gasteiger partial charge in [-0.05, 0) is 98.1 Å². The fourth-order valence-electron chi connectivity index (χ4n) is 6.82. The zero-order chi connectivity index (χ0) is 22.1. The fourth-order valence-corrected chi connectivity index (χ4v) is 6.82. The molecule has 3 aliphatic carbocycles. The zero-order valence-electron chi connectivity index (χ0n) is 18.9. The SMILES string of the molecule is O=C(N[C@H]1CCc2cc(N3CC4CCC(C3)N4)cc(F)c2C1)c1cnc2c(c1)[C@H]1C[C@H]1CC2. The van der Waals surface area contributed by atoms with Gasteiger partial charge in [0.25, 0.3) is 5.91 Å². The third-order valence-corrected chi connectivity index (χ3v) is 8.74. The van der Waals surface area contributed by atoms with E-state index in [1.807, 2.05) is 0 Å². The summed E-state index contributed by atoms with van der Waals surface area (Å²) in [6.07, 6.45) is 9.89. The van der Waals surface area contributed by atoms with Gasteiger partial charge in [-0.2, -0.15) is 0 Å². The highest BCUT2D eigenvalue weighted by Gasteiger charge is 2.43. The summed E-state index contributed by atoms with van der Waals surface area (Å²) in [6.45, 7) is 1.92. The minimum atomic E-state index is -0.123. The molecule has 5 aliphatic rings. The number of halogens is 1. The number of rotatable bonds is 3. The minimum absolute atomic E-state index is 0.0370. The predicted octanol–water partition coefficient (Wildman–Crippen LogP) is 3.50. The summed E-state index contributed by atoms with van der Waals surface area (Å²) in [5.74, 6) is 1.22. The molecule has 1 aromatic heterocycles. The van der Waals surface area contributed by atoms with Crippen molar-refractivity contribution in [1.29, 1.82) is 0 Å². The average molecular weight is 447 g/mol. The van der Waals surface area contributed by atoms with Crippen LogP contribution in [-0.4, -0.2) is 42.1 Å². The molecular formula is C27H31FN4O. The quantitative estimate of drug-likeness (QED) is 0.758. The van der Waals surface area contributed by atoms with Gasteiger partial charge in [0, 0.05) is 48.8 Å². The average Bonchev–Trinajstić information content (AvgIpc) is 3.56. The second-order valence-electron chi connectivity index (χ2n) is 10.9. The molecular weight excluding hydrogens is 415 g/mol. The highest BCUT2D eigenvalue weighted by atomic mass is 19.1. The topological polar surface area (TPSA) is 57.3 Å². The number of hydrogen-bond acceptors (Lipinski definition) is 4. The van der Waals surface area contributed by atoms with E-state index in [0.717, 1.165) is 55.1 Å². The summed E-state index contributed by atoms with van der Waals surface area (Å²) in [5.41, 5.74) is 6.01. The molecule has 0 spiro atoms. The zero-order valence-corrected chi connectivity index (χ0v) is 18.9. The first kappa shape index (κ1) is 20.0. The van der Waals surface area contributed by atoms with Crippen LogP contribution in [0.5, 0.6) is 0 Å². The Bertz CT molecular complexity index is 1120. The van der Waals surface area contributed by atoms with Crippen LogP contribution in [0.1, 0.15) is 70.8 Å².